The molecule has 2 rings (SSSR count). The van der Waals surface area contributed by atoms with Gasteiger partial charge in [-0.2, -0.15) is 0 Å². The lowest BCUT2D eigenvalue weighted by molar-refractivity contribution is 0.649. The molecule has 0 unspecified atom stereocenters. The lowest BCUT2D eigenvalue weighted by Gasteiger charge is -2.14. The minimum absolute atomic E-state index is 0.910. The van der Waals surface area contributed by atoms with Crippen LogP contribution in [0.5, 0.6) is 0 Å². The first-order valence-corrected chi connectivity index (χ1v) is 4.99. The minimum atomic E-state index is 0.910. The summed E-state index contributed by atoms with van der Waals surface area (Å²) in [7, 11) is 0. The maximum atomic E-state index is 4.53. The Morgan fingerprint density at radius 3 is 2.85 bits per heavy atom. The molecule has 0 radical (unpaired) electrons. The van der Waals surface area contributed by atoms with E-state index in [-0.39, 0.29) is 0 Å². The minimum Gasteiger partial charge on any atom is -0.369 e. The number of rotatable bonds is 2. The third kappa shape index (κ3) is 1.79. The van der Waals surface area contributed by atoms with Crippen LogP contribution in [0.25, 0.3) is 0 Å². The highest BCUT2D eigenvalue weighted by Gasteiger charge is 2.11. The van der Waals surface area contributed by atoms with Crippen LogP contribution in [0.4, 0.5) is 5.82 Å². The van der Waals surface area contributed by atoms with E-state index in [9.17, 15) is 0 Å². The topological polar surface area (TPSA) is 37.8 Å². The summed E-state index contributed by atoms with van der Waals surface area (Å²) in [6.45, 7) is 2.98. The lowest BCUT2D eigenvalue weighted by atomic mass is 10.0. The van der Waals surface area contributed by atoms with E-state index in [0.29, 0.717) is 0 Å². The number of hydrogen-bond donors (Lipinski definition) is 1. The summed E-state index contributed by atoms with van der Waals surface area (Å²) in [5.74, 6) is 0.920. The number of aromatic nitrogens is 2. The third-order valence-corrected chi connectivity index (χ3v) is 2.37. The molecule has 13 heavy (non-hydrogen) atoms. The maximum absolute atomic E-state index is 4.53. The van der Waals surface area contributed by atoms with E-state index < -0.39 is 0 Å². The van der Waals surface area contributed by atoms with Crippen LogP contribution in [0, 0.1) is 0 Å². The van der Waals surface area contributed by atoms with E-state index in [1.165, 1.54) is 24.2 Å². The smallest absolute Gasteiger partial charge is 0.144 e. The number of aryl methyl sites for hydroxylation is 2. The van der Waals surface area contributed by atoms with Gasteiger partial charge in [0.15, 0.2) is 0 Å². The summed E-state index contributed by atoms with van der Waals surface area (Å²) in [6, 6.07) is 0. The maximum Gasteiger partial charge on any atom is 0.144 e. The van der Waals surface area contributed by atoms with Gasteiger partial charge in [-0.25, -0.2) is 4.98 Å². The van der Waals surface area contributed by atoms with Crippen molar-refractivity contribution in [2.45, 2.75) is 32.6 Å². The van der Waals surface area contributed by atoms with Crippen LogP contribution in [0.15, 0.2) is 6.20 Å². The van der Waals surface area contributed by atoms with Gasteiger partial charge in [0.2, 0.25) is 0 Å². The summed E-state index contributed by atoms with van der Waals surface area (Å²) >= 11 is 0. The first-order chi connectivity index (χ1) is 6.40. The van der Waals surface area contributed by atoms with Gasteiger partial charge in [0.25, 0.3) is 0 Å². The van der Waals surface area contributed by atoms with Crippen LogP contribution in [0.2, 0.25) is 0 Å². The summed E-state index contributed by atoms with van der Waals surface area (Å²) in [6.07, 6.45) is 6.57. The molecule has 1 heterocycles. The first-order valence-electron chi connectivity index (χ1n) is 4.99. The molecular weight excluding hydrogens is 162 g/mol. The Morgan fingerprint density at radius 2 is 2.08 bits per heavy atom. The molecule has 3 heteroatoms. The van der Waals surface area contributed by atoms with E-state index in [1.54, 1.807) is 0 Å². The second-order valence-electron chi connectivity index (χ2n) is 3.39. The first kappa shape index (κ1) is 8.48. The van der Waals surface area contributed by atoms with Crippen LogP contribution >= 0.6 is 0 Å². The van der Waals surface area contributed by atoms with E-state index in [1.807, 2.05) is 6.20 Å². The van der Waals surface area contributed by atoms with Crippen molar-refractivity contribution < 1.29 is 0 Å². The highest BCUT2D eigenvalue weighted by Crippen LogP contribution is 2.18. The summed E-state index contributed by atoms with van der Waals surface area (Å²) in [5.41, 5.74) is 2.40. The van der Waals surface area contributed by atoms with E-state index in [2.05, 4.69) is 22.2 Å². The van der Waals surface area contributed by atoms with Gasteiger partial charge < -0.3 is 5.32 Å². The van der Waals surface area contributed by atoms with Crippen molar-refractivity contribution in [1.29, 1.82) is 0 Å². The SMILES string of the molecule is CCNc1cnc2c(n1)CCCC2. The van der Waals surface area contributed by atoms with Gasteiger partial charge in [0.1, 0.15) is 5.82 Å². The molecule has 0 amide bonds. The number of nitrogens with zero attached hydrogens (tertiary/aromatic N) is 2. The Bertz CT molecular complexity index is 296. The average molecular weight is 177 g/mol. The second kappa shape index (κ2) is 3.73. The Kier molecular flexibility index (Phi) is 2.43. The van der Waals surface area contributed by atoms with Gasteiger partial charge in [0, 0.05) is 6.54 Å². The van der Waals surface area contributed by atoms with Gasteiger partial charge in [-0.15, -0.1) is 0 Å². The molecular formula is C10H15N3. The predicted molar refractivity (Wildman–Crippen MR) is 52.8 cm³/mol. The molecule has 1 aromatic heterocycles. The molecule has 0 saturated carbocycles. The highest BCUT2D eigenvalue weighted by atomic mass is 15.0. The summed E-state index contributed by atoms with van der Waals surface area (Å²) in [5, 5.41) is 3.18. The Hall–Kier alpha value is -1.12. The van der Waals surface area contributed by atoms with Crippen molar-refractivity contribution in [2.75, 3.05) is 11.9 Å². The quantitative estimate of drug-likeness (QED) is 0.748. The van der Waals surface area contributed by atoms with Crippen LogP contribution in [0.1, 0.15) is 31.2 Å². The number of anilines is 1. The Labute approximate surface area is 78.6 Å². The largest absolute Gasteiger partial charge is 0.369 e. The van der Waals surface area contributed by atoms with Gasteiger partial charge in [-0.05, 0) is 32.6 Å². The van der Waals surface area contributed by atoms with Gasteiger partial charge in [-0.3, -0.25) is 4.98 Å². The molecule has 0 aromatic carbocycles. The van der Waals surface area contributed by atoms with Crippen molar-refractivity contribution in [3.8, 4) is 0 Å². The fraction of sp³-hybridized carbons (Fsp3) is 0.600. The highest BCUT2D eigenvalue weighted by molar-refractivity contribution is 5.34. The van der Waals surface area contributed by atoms with Crippen molar-refractivity contribution >= 4 is 5.82 Å². The molecule has 0 spiro atoms. The average Bonchev–Trinajstić information content (AvgIpc) is 2.18. The third-order valence-electron chi connectivity index (χ3n) is 2.37. The number of fused-ring (bicyclic) bond motifs is 1. The second-order valence-corrected chi connectivity index (χ2v) is 3.39. The van der Waals surface area contributed by atoms with Crippen molar-refractivity contribution in [3.63, 3.8) is 0 Å². The zero-order chi connectivity index (χ0) is 9.10. The fourth-order valence-electron chi connectivity index (χ4n) is 1.71. The zero-order valence-corrected chi connectivity index (χ0v) is 8.01. The predicted octanol–water partition coefficient (Wildman–Crippen LogP) is 1.79. The van der Waals surface area contributed by atoms with Crippen molar-refractivity contribution in [2.24, 2.45) is 0 Å². The molecule has 3 nitrogen and oxygen atoms in total. The van der Waals surface area contributed by atoms with Crippen LogP contribution in [-0.4, -0.2) is 16.5 Å². The van der Waals surface area contributed by atoms with Crippen LogP contribution in [-0.2, 0) is 12.8 Å². The van der Waals surface area contributed by atoms with Crippen molar-refractivity contribution in [1.82, 2.24) is 9.97 Å². The van der Waals surface area contributed by atoms with E-state index in [0.717, 1.165) is 25.2 Å². The zero-order valence-electron chi connectivity index (χ0n) is 8.01. The van der Waals surface area contributed by atoms with Crippen LogP contribution < -0.4 is 5.32 Å². The van der Waals surface area contributed by atoms with Crippen LogP contribution in [0.3, 0.4) is 0 Å². The number of nitrogens with one attached hydrogen (secondary N) is 1. The molecule has 1 N–H and O–H groups in total. The summed E-state index contributed by atoms with van der Waals surface area (Å²) < 4.78 is 0. The molecule has 0 aliphatic heterocycles. The van der Waals surface area contributed by atoms with E-state index in [4.69, 9.17) is 0 Å². The molecule has 1 aromatic rings. The fourth-order valence-corrected chi connectivity index (χ4v) is 1.71. The molecule has 0 bridgehead atoms. The Morgan fingerprint density at radius 1 is 1.31 bits per heavy atom. The molecule has 70 valence electrons. The molecule has 1 aliphatic rings. The van der Waals surface area contributed by atoms with Gasteiger partial charge >= 0.3 is 0 Å². The van der Waals surface area contributed by atoms with Gasteiger partial charge in [-0.1, -0.05) is 0 Å². The molecule has 0 fully saturated rings. The monoisotopic (exact) mass is 177 g/mol. The lowest BCUT2D eigenvalue weighted by Crippen LogP contribution is -2.10. The van der Waals surface area contributed by atoms with Gasteiger partial charge in [0.05, 0.1) is 17.6 Å². The molecule has 0 atom stereocenters. The normalized spacial score (nSPS) is 15.2. The van der Waals surface area contributed by atoms with Crippen molar-refractivity contribution in [3.05, 3.63) is 17.6 Å². The Balaban J connectivity index is 2.24. The molecule has 1 aliphatic carbocycles. The number of hydrogen-bond acceptors (Lipinski definition) is 3. The van der Waals surface area contributed by atoms with E-state index >= 15 is 0 Å². The standard InChI is InChI=1S/C10H15N3/c1-2-11-10-7-12-8-5-3-4-6-9(8)13-10/h7H,2-6H2,1H3,(H,11,13). The molecule has 0 saturated heterocycles. The summed E-state index contributed by atoms with van der Waals surface area (Å²) in [4.78, 5) is 8.94.